The molecule has 0 saturated carbocycles. The molecule has 0 fully saturated rings. The molecule has 2 aromatic carbocycles. The van der Waals surface area contributed by atoms with Crippen LogP contribution in [0.25, 0.3) is 0 Å². The Morgan fingerprint density at radius 3 is 2.45 bits per heavy atom. The first kappa shape index (κ1) is 14.7. The Bertz CT molecular complexity index is 581. The van der Waals surface area contributed by atoms with Crippen LogP contribution in [0.3, 0.4) is 0 Å². The Morgan fingerprint density at radius 1 is 1.05 bits per heavy atom. The molecular formula is C17H21FN2. The minimum absolute atomic E-state index is 0.216. The number of nitrogens with two attached hydrogens (primary N) is 1. The summed E-state index contributed by atoms with van der Waals surface area (Å²) in [5, 5.41) is 0. The highest BCUT2D eigenvalue weighted by Gasteiger charge is 2.06. The molecule has 0 spiro atoms. The van der Waals surface area contributed by atoms with Crippen LogP contribution in [0.15, 0.2) is 42.5 Å². The molecular weight excluding hydrogens is 251 g/mol. The van der Waals surface area contributed by atoms with Gasteiger partial charge in [0, 0.05) is 19.6 Å². The van der Waals surface area contributed by atoms with E-state index in [0.29, 0.717) is 13.1 Å². The first-order valence-corrected chi connectivity index (χ1v) is 6.80. The number of nitrogens with zero attached hydrogens (tertiary/aromatic N) is 1. The number of benzene rings is 2. The molecule has 106 valence electrons. The van der Waals surface area contributed by atoms with Crippen LogP contribution in [0, 0.1) is 12.7 Å². The lowest BCUT2D eigenvalue weighted by Crippen LogP contribution is -2.18. The van der Waals surface area contributed by atoms with Gasteiger partial charge in [-0.3, -0.25) is 4.90 Å². The van der Waals surface area contributed by atoms with E-state index in [0.717, 1.165) is 17.7 Å². The molecule has 0 aliphatic rings. The zero-order chi connectivity index (χ0) is 14.5. The summed E-state index contributed by atoms with van der Waals surface area (Å²) in [5.41, 5.74) is 9.95. The molecule has 0 aliphatic carbocycles. The zero-order valence-electron chi connectivity index (χ0n) is 12.1. The van der Waals surface area contributed by atoms with Crippen LogP contribution in [-0.4, -0.2) is 11.9 Å². The molecule has 0 saturated heterocycles. The Hall–Kier alpha value is -1.71. The smallest absolute Gasteiger partial charge is 0.123 e. The first-order valence-electron chi connectivity index (χ1n) is 6.80. The average molecular weight is 272 g/mol. The number of aryl methyl sites for hydroxylation is 1. The molecule has 0 aromatic heterocycles. The first-order chi connectivity index (χ1) is 9.58. The summed E-state index contributed by atoms with van der Waals surface area (Å²) < 4.78 is 13.5. The highest BCUT2D eigenvalue weighted by Crippen LogP contribution is 2.14. The van der Waals surface area contributed by atoms with Crippen LogP contribution in [-0.2, 0) is 19.6 Å². The summed E-state index contributed by atoms with van der Waals surface area (Å²) in [6.07, 6.45) is 0. The lowest BCUT2D eigenvalue weighted by molar-refractivity contribution is 0.318. The molecule has 0 heterocycles. The van der Waals surface area contributed by atoms with Crippen LogP contribution in [0.4, 0.5) is 4.39 Å². The molecule has 3 heteroatoms. The largest absolute Gasteiger partial charge is 0.326 e. The maximum Gasteiger partial charge on any atom is 0.123 e. The number of rotatable bonds is 5. The lowest BCUT2D eigenvalue weighted by Gasteiger charge is -2.18. The third-order valence-electron chi connectivity index (χ3n) is 3.41. The fourth-order valence-electron chi connectivity index (χ4n) is 2.37. The van der Waals surface area contributed by atoms with Crippen LogP contribution in [0.1, 0.15) is 22.3 Å². The Morgan fingerprint density at radius 2 is 1.75 bits per heavy atom. The minimum Gasteiger partial charge on any atom is -0.326 e. The van der Waals surface area contributed by atoms with Gasteiger partial charge in [0.25, 0.3) is 0 Å². The molecule has 0 amide bonds. The van der Waals surface area contributed by atoms with Crippen LogP contribution < -0.4 is 5.73 Å². The minimum atomic E-state index is -0.216. The molecule has 2 nitrogen and oxygen atoms in total. The molecule has 2 aromatic rings. The second-order valence-electron chi connectivity index (χ2n) is 5.27. The van der Waals surface area contributed by atoms with Crippen molar-refractivity contribution in [1.82, 2.24) is 4.90 Å². The van der Waals surface area contributed by atoms with Gasteiger partial charge in [0.05, 0.1) is 0 Å². The Labute approximate surface area is 120 Å². The molecule has 0 atom stereocenters. The van der Waals surface area contributed by atoms with E-state index in [2.05, 4.69) is 24.0 Å². The second kappa shape index (κ2) is 6.64. The highest BCUT2D eigenvalue weighted by atomic mass is 19.1. The van der Waals surface area contributed by atoms with Gasteiger partial charge in [0.2, 0.25) is 0 Å². The Kier molecular flexibility index (Phi) is 4.88. The van der Waals surface area contributed by atoms with Gasteiger partial charge in [0.1, 0.15) is 5.82 Å². The molecule has 0 aliphatic heterocycles. The van der Waals surface area contributed by atoms with Gasteiger partial charge in [-0.05, 0) is 48.4 Å². The predicted octanol–water partition coefficient (Wildman–Crippen LogP) is 3.22. The third kappa shape index (κ3) is 3.89. The van der Waals surface area contributed by atoms with Gasteiger partial charge in [-0.25, -0.2) is 4.39 Å². The van der Waals surface area contributed by atoms with Crippen molar-refractivity contribution in [3.8, 4) is 0 Å². The molecule has 0 bridgehead atoms. The number of hydrogen-bond donors (Lipinski definition) is 1. The van der Waals surface area contributed by atoms with Crippen LogP contribution in [0.5, 0.6) is 0 Å². The summed E-state index contributed by atoms with van der Waals surface area (Å²) in [6.45, 7) is 4.03. The fourth-order valence-corrected chi connectivity index (χ4v) is 2.37. The fraction of sp³-hybridized carbons (Fsp3) is 0.294. The molecule has 2 rings (SSSR count). The van der Waals surface area contributed by atoms with E-state index in [1.54, 1.807) is 6.07 Å². The molecule has 2 N–H and O–H groups in total. The molecule has 20 heavy (non-hydrogen) atoms. The van der Waals surface area contributed by atoms with Crippen molar-refractivity contribution in [2.75, 3.05) is 7.05 Å². The van der Waals surface area contributed by atoms with Crippen LogP contribution >= 0.6 is 0 Å². The number of hydrogen-bond acceptors (Lipinski definition) is 2. The van der Waals surface area contributed by atoms with Crippen molar-refractivity contribution in [2.45, 2.75) is 26.6 Å². The maximum atomic E-state index is 13.5. The molecule has 0 radical (unpaired) electrons. The van der Waals surface area contributed by atoms with E-state index in [4.69, 9.17) is 5.73 Å². The van der Waals surface area contributed by atoms with E-state index in [-0.39, 0.29) is 5.82 Å². The topological polar surface area (TPSA) is 29.3 Å². The summed E-state index contributed by atoms with van der Waals surface area (Å²) in [7, 11) is 2.04. The summed E-state index contributed by atoms with van der Waals surface area (Å²) in [6, 6.07) is 13.4. The predicted molar refractivity (Wildman–Crippen MR) is 80.6 cm³/mol. The van der Waals surface area contributed by atoms with Gasteiger partial charge in [0.15, 0.2) is 0 Å². The zero-order valence-corrected chi connectivity index (χ0v) is 12.1. The Balaban J connectivity index is 2.06. The van der Waals surface area contributed by atoms with E-state index in [1.165, 1.54) is 17.2 Å². The normalized spacial score (nSPS) is 11.1. The van der Waals surface area contributed by atoms with Gasteiger partial charge in [-0.2, -0.15) is 0 Å². The average Bonchev–Trinajstić information content (AvgIpc) is 2.40. The molecule has 0 unspecified atom stereocenters. The highest BCUT2D eigenvalue weighted by molar-refractivity contribution is 5.27. The SMILES string of the molecule is Cc1ccccc1CN(C)Cc1cc(F)cc(CN)c1. The quantitative estimate of drug-likeness (QED) is 0.905. The second-order valence-corrected chi connectivity index (χ2v) is 5.27. The van der Waals surface area contributed by atoms with E-state index in [1.807, 2.05) is 25.2 Å². The van der Waals surface area contributed by atoms with E-state index in [9.17, 15) is 4.39 Å². The van der Waals surface area contributed by atoms with E-state index >= 15 is 0 Å². The summed E-state index contributed by atoms with van der Waals surface area (Å²) in [4.78, 5) is 2.18. The van der Waals surface area contributed by atoms with Crippen LogP contribution in [0.2, 0.25) is 0 Å². The van der Waals surface area contributed by atoms with E-state index < -0.39 is 0 Å². The monoisotopic (exact) mass is 272 g/mol. The van der Waals surface area contributed by atoms with Gasteiger partial charge in [-0.1, -0.05) is 30.3 Å². The maximum absolute atomic E-state index is 13.5. The number of halogens is 1. The van der Waals surface area contributed by atoms with Crippen molar-refractivity contribution in [3.05, 3.63) is 70.5 Å². The van der Waals surface area contributed by atoms with Crippen molar-refractivity contribution in [3.63, 3.8) is 0 Å². The standard InChI is InChI=1S/C17H21FN2/c1-13-5-3-4-6-16(13)12-20(2)11-15-7-14(10-19)8-17(18)9-15/h3-9H,10-12,19H2,1-2H3. The van der Waals surface area contributed by atoms with Crippen molar-refractivity contribution >= 4 is 0 Å². The van der Waals surface area contributed by atoms with Crippen molar-refractivity contribution < 1.29 is 4.39 Å². The summed E-state index contributed by atoms with van der Waals surface area (Å²) in [5.74, 6) is -0.216. The lowest BCUT2D eigenvalue weighted by atomic mass is 10.1. The van der Waals surface area contributed by atoms with Gasteiger partial charge >= 0.3 is 0 Å². The summed E-state index contributed by atoms with van der Waals surface area (Å²) >= 11 is 0. The van der Waals surface area contributed by atoms with Gasteiger partial charge < -0.3 is 5.73 Å². The van der Waals surface area contributed by atoms with Gasteiger partial charge in [-0.15, -0.1) is 0 Å². The van der Waals surface area contributed by atoms with Crippen molar-refractivity contribution in [2.24, 2.45) is 5.73 Å². The third-order valence-corrected chi connectivity index (χ3v) is 3.41. The van der Waals surface area contributed by atoms with Crippen molar-refractivity contribution in [1.29, 1.82) is 0 Å².